The van der Waals surface area contributed by atoms with Crippen molar-refractivity contribution in [1.29, 1.82) is 0 Å². The number of amides is 3. The van der Waals surface area contributed by atoms with Gasteiger partial charge >= 0.3 is 6.03 Å². The summed E-state index contributed by atoms with van der Waals surface area (Å²) in [7, 11) is 0. The molecule has 2 aromatic rings. The van der Waals surface area contributed by atoms with Crippen molar-refractivity contribution in [3.05, 3.63) is 35.0 Å². The first-order valence-corrected chi connectivity index (χ1v) is 6.17. The van der Waals surface area contributed by atoms with Crippen LogP contribution in [0, 0.1) is 0 Å². The number of primary amides is 1. The fraction of sp³-hybridized carbons (Fsp3) is 0. The van der Waals surface area contributed by atoms with E-state index in [-0.39, 0.29) is 10.7 Å². The molecule has 0 spiro atoms. The highest BCUT2D eigenvalue weighted by Gasteiger charge is 2.15. The summed E-state index contributed by atoms with van der Waals surface area (Å²) in [6, 6.07) is 6.03. The first kappa shape index (κ1) is 13.2. The minimum absolute atomic E-state index is 0.0729. The second-order valence-electron chi connectivity index (χ2n) is 3.40. The molecule has 0 atom stereocenters. The van der Waals surface area contributed by atoms with Crippen molar-refractivity contribution in [1.82, 2.24) is 9.59 Å². The molecule has 0 aliphatic rings. The Morgan fingerprint density at radius 3 is 2.53 bits per heavy atom. The van der Waals surface area contributed by atoms with Crippen molar-refractivity contribution < 1.29 is 9.59 Å². The van der Waals surface area contributed by atoms with Crippen molar-refractivity contribution in [2.45, 2.75) is 0 Å². The Bertz CT molecular complexity index is 613. The molecular formula is C10H8ClN5O2S. The molecule has 98 valence electrons. The Kier molecular flexibility index (Phi) is 3.93. The van der Waals surface area contributed by atoms with Crippen LogP contribution in [0.15, 0.2) is 24.3 Å². The lowest BCUT2D eigenvalue weighted by atomic mass is 10.3. The molecule has 0 radical (unpaired) electrons. The molecular weight excluding hydrogens is 290 g/mol. The molecule has 7 nitrogen and oxygen atoms in total. The van der Waals surface area contributed by atoms with E-state index in [9.17, 15) is 9.59 Å². The third-order valence-electron chi connectivity index (χ3n) is 2.05. The van der Waals surface area contributed by atoms with Crippen LogP contribution >= 0.6 is 23.1 Å². The van der Waals surface area contributed by atoms with Gasteiger partial charge in [0.1, 0.15) is 0 Å². The van der Waals surface area contributed by atoms with Gasteiger partial charge in [0, 0.05) is 22.2 Å². The normalized spacial score (nSPS) is 9.95. The third-order valence-corrected chi connectivity index (χ3v) is 2.94. The zero-order chi connectivity index (χ0) is 13.8. The van der Waals surface area contributed by atoms with Gasteiger partial charge < -0.3 is 11.1 Å². The van der Waals surface area contributed by atoms with Gasteiger partial charge in [-0.2, -0.15) is 0 Å². The minimum Gasteiger partial charge on any atom is -0.364 e. The van der Waals surface area contributed by atoms with Gasteiger partial charge in [-0.15, -0.1) is 5.10 Å². The van der Waals surface area contributed by atoms with Crippen LogP contribution in [0.2, 0.25) is 5.02 Å². The van der Waals surface area contributed by atoms with E-state index in [1.54, 1.807) is 24.3 Å². The molecule has 3 amide bonds. The summed E-state index contributed by atoms with van der Waals surface area (Å²) in [4.78, 5) is 22.7. The molecule has 0 aliphatic heterocycles. The predicted octanol–water partition coefficient (Wildman–Crippen LogP) is 1.93. The number of nitrogens with two attached hydrogens (primary N) is 1. The summed E-state index contributed by atoms with van der Waals surface area (Å²) in [5, 5.41) is 9.29. The van der Waals surface area contributed by atoms with Crippen LogP contribution in [0.4, 0.5) is 15.5 Å². The first-order chi connectivity index (χ1) is 9.06. The van der Waals surface area contributed by atoms with E-state index in [0.717, 1.165) is 11.5 Å². The third kappa shape index (κ3) is 3.39. The number of hydrogen-bond acceptors (Lipinski definition) is 5. The van der Waals surface area contributed by atoms with Crippen molar-refractivity contribution >= 4 is 45.8 Å². The summed E-state index contributed by atoms with van der Waals surface area (Å²) in [5.41, 5.74) is 5.57. The monoisotopic (exact) mass is 297 g/mol. The van der Waals surface area contributed by atoms with Gasteiger partial charge in [0.15, 0.2) is 10.7 Å². The topological polar surface area (TPSA) is 110 Å². The maximum atomic E-state index is 11.7. The lowest BCUT2D eigenvalue weighted by Crippen LogP contribution is -2.21. The molecule has 0 saturated carbocycles. The zero-order valence-corrected chi connectivity index (χ0v) is 11.0. The summed E-state index contributed by atoms with van der Waals surface area (Å²) >= 11 is 6.59. The Morgan fingerprint density at radius 2 is 1.89 bits per heavy atom. The van der Waals surface area contributed by atoms with Crippen LogP contribution in [-0.2, 0) is 0 Å². The van der Waals surface area contributed by atoms with Crippen LogP contribution in [-0.4, -0.2) is 21.5 Å². The van der Waals surface area contributed by atoms with E-state index in [1.165, 1.54) is 0 Å². The number of urea groups is 1. The number of rotatable bonds is 3. The van der Waals surface area contributed by atoms with Gasteiger partial charge in [-0.1, -0.05) is 16.1 Å². The van der Waals surface area contributed by atoms with Crippen molar-refractivity contribution in [3.8, 4) is 0 Å². The minimum atomic E-state index is -0.754. The molecule has 4 N–H and O–H groups in total. The summed E-state index contributed by atoms with van der Waals surface area (Å²) in [5.74, 6) is -0.754. The number of nitrogens with zero attached hydrogens (tertiary/aromatic N) is 2. The maximum absolute atomic E-state index is 11.7. The molecule has 0 aliphatic carbocycles. The Hall–Kier alpha value is -2.19. The van der Waals surface area contributed by atoms with E-state index in [0.29, 0.717) is 10.7 Å². The van der Waals surface area contributed by atoms with E-state index in [4.69, 9.17) is 17.3 Å². The van der Waals surface area contributed by atoms with E-state index < -0.39 is 11.9 Å². The van der Waals surface area contributed by atoms with Gasteiger partial charge in [-0.3, -0.25) is 10.1 Å². The standard InChI is InChI=1S/C10H8ClN5O2S/c11-5-1-3-6(4-2-5)13-10(18)14-9-7(8(12)17)15-16-19-9/h1-4H,(H2,12,17)(H2,13,14,18). The van der Waals surface area contributed by atoms with Crippen molar-refractivity contribution in [3.63, 3.8) is 0 Å². The largest absolute Gasteiger partial charge is 0.364 e. The number of aromatic nitrogens is 2. The van der Waals surface area contributed by atoms with E-state index in [2.05, 4.69) is 20.2 Å². The number of nitrogens with one attached hydrogen (secondary N) is 2. The van der Waals surface area contributed by atoms with Crippen LogP contribution in [0.25, 0.3) is 0 Å². The quantitative estimate of drug-likeness (QED) is 0.804. The molecule has 1 aromatic carbocycles. The number of carbonyl (C=O) groups excluding carboxylic acids is 2. The lowest BCUT2D eigenvalue weighted by molar-refractivity contribution is 0.0996. The van der Waals surface area contributed by atoms with Crippen molar-refractivity contribution in [2.24, 2.45) is 5.73 Å². The highest BCUT2D eigenvalue weighted by molar-refractivity contribution is 7.10. The SMILES string of the molecule is NC(=O)c1nnsc1NC(=O)Nc1ccc(Cl)cc1. The molecule has 0 unspecified atom stereocenters. The highest BCUT2D eigenvalue weighted by Crippen LogP contribution is 2.18. The zero-order valence-electron chi connectivity index (χ0n) is 9.38. The summed E-state index contributed by atoms with van der Waals surface area (Å²) in [6.45, 7) is 0. The number of carbonyl (C=O) groups is 2. The average Bonchev–Trinajstić information content (AvgIpc) is 2.80. The van der Waals surface area contributed by atoms with E-state index in [1.807, 2.05) is 0 Å². The fourth-order valence-electron chi connectivity index (χ4n) is 1.23. The highest BCUT2D eigenvalue weighted by atomic mass is 35.5. The number of hydrogen-bond donors (Lipinski definition) is 3. The number of anilines is 2. The lowest BCUT2D eigenvalue weighted by Gasteiger charge is -2.05. The molecule has 2 rings (SSSR count). The Labute approximate surface area is 116 Å². The van der Waals surface area contributed by atoms with Crippen LogP contribution < -0.4 is 16.4 Å². The van der Waals surface area contributed by atoms with Crippen LogP contribution in [0.1, 0.15) is 10.5 Å². The molecule has 0 bridgehead atoms. The molecule has 1 aromatic heterocycles. The molecule has 0 fully saturated rings. The van der Waals surface area contributed by atoms with Gasteiger partial charge in [0.2, 0.25) is 0 Å². The number of halogens is 1. The van der Waals surface area contributed by atoms with Crippen molar-refractivity contribution in [2.75, 3.05) is 10.6 Å². The molecule has 0 saturated heterocycles. The molecule has 19 heavy (non-hydrogen) atoms. The van der Waals surface area contributed by atoms with Crippen LogP contribution in [0.3, 0.4) is 0 Å². The predicted molar refractivity (Wildman–Crippen MR) is 72.5 cm³/mol. The van der Waals surface area contributed by atoms with Crippen LogP contribution in [0.5, 0.6) is 0 Å². The molecule has 1 heterocycles. The smallest absolute Gasteiger partial charge is 0.324 e. The second-order valence-corrected chi connectivity index (χ2v) is 4.59. The Morgan fingerprint density at radius 1 is 1.21 bits per heavy atom. The maximum Gasteiger partial charge on any atom is 0.324 e. The van der Waals surface area contributed by atoms with E-state index >= 15 is 0 Å². The second kappa shape index (κ2) is 5.63. The summed E-state index contributed by atoms with van der Waals surface area (Å²) < 4.78 is 3.55. The fourth-order valence-corrected chi connectivity index (χ4v) is 1.93. The Balaban J connectivity index is 2.03. The first-order valence-electron chi connectivity index (χ1n) is 5.02. The molecule has 9 heteroatoms. The number of benzene rings is 1. The van der Waals surface area contributed by atoms with Gasteiger partial charge in [-0.05, 0) is 24.3 Å². The van der Waals surface area contributed by atoms with Gasteiger partial charge in [0.05, 0.1) is 0 Å². The summed E-state index contributed by atoms with van der Waals surface area (Å²) in [6.07, 6.45) is 0. The van der Waals surface area contributed by atoms with Gasteiger partial charge in [-0.25, -0.2) is 4.79 Å². The van der Waals surface area contributed by atoms with Gasteiger partial charge in [0.25, 0.3) is 5.91 Å². The average molecular weight is 298 g/mol.